The number of aryl methyl sites for hydroxylation is 1. The maximum atomic E-state index is 10.8. The Morgan fingerprint density at radius 1 is 1.60 bits per heavy atom. The first-order valence-electron chi connectivity index (χ1n) is 4.95. The standard InChI is InChI=1S/C11H15NO3/c1-3-4-10(11(13)14)15-9-6-5-8(2)12-7-9/h5-7,10H,3-4H2,1-2H3,(H,13,14). The normalized spacial score (nSPS) is 12.1. The van der Waals surface area contributed by atoms with Gasteiger partial charge in [-0.3, -0.25) is 4.98 Å². The number of carboxylic acids is 1. The Kier molecular flexibility index (Phi) is 4.09. The van der Waals surface area contributed by atoms with Gasteiger partial charge < -0.3 is 9.84 Å². The Labute approximate surface area is 88.9 Å². The molecule has 4 nitrogen and oxygen atoms in total. The van der Waals surface area contributed by atoms with E-state index in [1.807, 2.05) is 13.8 Å². The molecule has 0 saturated heterocycles. The van der Waals surface area contributed by atoms with Crippen molar-refractivity contribution in [2.45, 2.75) is 32.8 Å². The largest absolute Gasteiger partial charge is 0.479 e. The highest BCUT2D eigenvalue weighted by molar-refractivity contribution is 5.72. The van der Waals surface area contributed by atoms with E-state index >= 15 is 0 Å². The number of carbonyl (C=O) groups is 1. The van der Waals surface area contributed by atoms with E-state index in [9.17, 15) is 4.79 Å². The maximum Gasteiger partial charge on any atom is 0.344 e. The fourth-order valence-electron chi connectivity index (χ4n) is 1.18. The third kappa shape index (κ3) is 3.58. The van der Waals surface area contributed by atoms with E-state index in [0.29, 0.717) is 12.2 Å². The molecule has 0 amide bonds. The van der Waals surface area contributed by atoms with Gasteiger partial charge in [-0.25, -0.2) is 4.79 Å². The second kappa shape index (κ2) is 5.34. The van der Waals surface area contributed by atoms with Crippen molar-refractivity contribution in [2.24, 2.45) is 0 Å². The van der Waals surface area contributed by atoms with Crippen LogP contribution in [0.1, 0.15) is 25.5 Å². The summed E-state index contributed by atoms with van der Waals surface area (Å²) in [5.41, 5.74) is 0.879. The second-order valence-electron chi connectivity index (χ2n) is 3.37. The van der Waals surface area contributed by atoms with Crippen LogP contribution in [0, 0.1) is 6.92 Å². The summed E-state index contributed by atoms with van der Waals surface area (Å²) in [4.78, 5) is 14.8. The molecule has 0 spiro atoms. The van der Waals surface area contributed by atoms with Gasteiger partial charge in [-0.15, -0.1) is 0 Å². The molecule has 0 bridgehead atoms. The molecule has 4 heteroatoms. The van der Waals surface area contributed by atoms with Crippen LogP contribution >= 0.6 is 0 Å². The Morgan fingerprint density at radius 3 is 2.80 bits per heavy atom. The van der Waals surface area contributed by atoms with E-state index in [2.05, 4.69) is 4.98 Å². The van der Waals surface area contributed by atoms with Crippen LogP contribution in [0.5, 0.6) is 5.75 Å². The van der Waals surface area contributed by atoms with Crippen molar-refractivity contribution in [3.05, 3.63) is 24.0 Å². The van der Waals surface area contributed by atoms with Crippen LogP contribution in [0.25, 0.3) is 0 Å². The second-order valence-corrected chi connectivity index (χ2v) is 3.37. The van der Waals surface area contributed by atoms with Crippen molar-refractivity contribution in [2.75, 3.05) is 0 Å². The first kappa shape index (κ1) is 11.5. The lowest BCUT2D eigenvalue weighted by Gasteiger charge is -2.13. The summed E-state index contributed by atoms with van der Waals surface area (Å²) in [5, 5.41) is 8.87. The van der Waals surface area contributed by atoms with Crippen molar-refractivity contribution >= 4 is 5.97 Å². The van der Waals surface area contributed by atoms with Crippen molar-refractivity contribution in [3.8, 4) is 5.75 Å². The monoisotopic (exact) mass is 209 g/mol. The molecule has 0 aliphatic rings. The highest BCUT2D eigenvalue weighted by atomic mass is 16.5. The number of aromatic nitrogens is 1. The number of rotatable bonds is 5. The van der Waals surface area contributed by atoms with Crippen LogP contribution < -0.4 is 4.74 Å². The highest BCUT2D eigenvalue weighted by Gasteiger charge is 2.17. The Balaban J connectivity index is 2.65. The molecule has 1 aromatic heterocycles. The molecule has 1 aromatic rings. The van der Waals surface area contributed by atoms with Gasteiger partial charge in [-0.05, 0) is 25.5 Å². The van der Waals surface area contributed by atoms with Gasteiger partial charge in [-0.2, -0.15) is 0 Å². The fourth-order valence-corrected chi connectivity index (χ4v) is 1.18. The summed E-state index contributed by atoms with van der Waals surface area (Å²) in [6, 6.07) is 3.52. The number of hydrogen-bond acceptors (Lipinski definition) is 3. The van der Waals surface area contributed by atoms with E-state index in [1.54, 1.807) is 18.3 Å². The molecule has 0 aromatic carbocycles. The third-order valence-corrected chi connectivity index (χ3v) is 1.99. The topological polar surface area (TPSA) is 59.4 Å². The molecule has 1 atom stereocenters. The Hall–Kier alpha value is -1.58. The molecule has 0 aliphatic heterocycles. The lowest BCUT2D eigenvalue weighted by Crippen LogP contribution is -2.26. The Morgan fingerprint density at radius 2 is 2.33 bits per heavy atom. The predicted octanol–water partition coefficient (Wildman–Crippen LogP) is 2.02. The average molecular weight is 209 g/mol. The van der Waals surface area contributed by atoms with E-state index < -0.39 is 12.1 Å². The summed E-state index contributed by atoms with van der Waals surface area (Å²) in [5.74, 6) is -0.432. The van der Waals surface area contributed by atoms with E-state index in [-0.39, 0.29) is 0 Å². The lowest BCUT2D eigenvalue weighted by molar-refractivity contribution is -0.145. The van der Waals surface area contributed by atoms with E-state index in [4.69, 9.17) is 9.84 Å². The molecule has 0 saturated carbocycles. The van der Waals surface area contributed by atoms with Crippen LogP contribution in [0.15, 0.2) is 18.3 Å². The Bertz CT molecular complexity index is 321. The number of carboxylic acid groups (broad SMARTS) is 1. The molecule has 1 rings (SSSR count). The minimum atomic E-state index is -0.933. The SMILES string of the molecule is CCCC(Oc1ccc(C)nc1)C(=O)O. The van der Waals surface area contributed by atoms with Gasteiger partial charge in [0.2, 0.25) is 0 Å². The van der Waals surface area contributed by atoms with Crippen LogP contribution in [0.3, 0.4) is 0 Å². The molecular weight excluding hydrogens is 194 g/mol. The van der Waals surface area contributed by atoms with Gasteiger partial charge >= 0.3 is 5.97 Å². The third-order valence-electron chi connectivity index (χ3n) is 1.99. The molecule has 82 valence electrons. The average Bonchev–Trinajstić information content (AvgIpc) is 2.20. The lowest BCUT2D eigenvalue weighted by atomic mass is 10.2. The zero-order chi connectivity index (χ0) is 11.3. The first-order chi connectivity index (χ1) is 7.13. The summed E-state index contributed by atoms with van der Waals surface area (Å²) >= 11 is 0. The number of aliphatic carboxylic acids is 1. The minimum Gasteiger partial charge on any atom is -0.479 e. The van der Waals surface area contributed by atoms with Crippen LogP contribution in [-0.2, 0) is 4.79 Å². The van der Waals surface area contributed by atoms with E-state index in [1.165, 1.54) is 0 Å². The highest BCUT2D eigenvalue weighted by Crippen LogP contribution is 2.13. The molecule has 1 unspecified atom stereocenters. The summed E-state index contributed by atoms with van der Waals surface area (Å²) in [6.45, 7) is 3.79. The molecule has 0 aliphatic carbocycles. The van der Waals surface area contributed by atoms with Crippen LogP contribution in [-0.4, -0.2) is 22.2 Å². The van der Waals surface area contributed by atoms with Crippen molar-refractivity contribution < 1.29 is 14.6 Å². The summed E-state index contributed by atoms with van der Waals surface area (Å²) in [6.07, 6.45) is 2.04. The van der Waals surface area contributed by atoms with Gasteiger partial charge in [-0.1, -0.05) is 13.3 Å². The van der Waals surface area contributed by atoms with Crippen LogP contribution in [0.2, 0.25) is 0 Å². The van der Waals surface area contributed by atoms with Gasteiger partial charge in [0.15, 0.2) is 6.10 Å². The predicted molar refractivity (Wildman–Crippen MR) is 55.9 cm³/mol. The maximum absolute atomic E-state index is 10.8. The molecular formula is C11H15NO3. The fraction of sp³-hybridized carbons (Fsp3) is 0.455. The molecule has 0 radical (unpaired) electrons. The molecule has 1 heterocycles. The van der Waals surface area contributed by atoms with Crippen molar-refractivity contribution in [1.29, 1.82) is 0 Å². The molecule has 15 heavy (non-hydrogen) atoms. The number of pyridine rings is 1. The van der Waals surface area contributed by atoms with Crippen molar-refractivity contribution in [1.82, 2.24) is 4.98 Å². The van der Waals surface area contributed by atoms with E-state index in [0.717, 1.165) is 12.1 Å². The van der Waals surface area contributed by atoms with Crippen molar-refractivity contribution in [3.63, 3.8) is 0 Å². The smallest absolute Gasteiger partial charge is 0.344 e. The minimum absolute atomic E-state index is 0.501. The first-order valence-corrected chi connectivity index (χ1v) is 4.95. The zero-order valence-electron chi connectivity index (χ0n) is 8.93. The van der Waals surface area contributed by atoms with Gasteiger partial charge in [0.1, 0.15) is 5.75 Å². The molecule has 0 fully saturated rings. The number of ether oxygens (including phenoxy) is 1. The summed E-state index contributed by atoms with van der Waals surface area (Å²) in [7, 11) is 0. The van der Waals surface area contributed by atoms with Crippen LogP contribution in [0.4, 0.5) is 0 Å². The summed E-state index contributed by atoms with van der Waals surface area (Å²) < 4.78 is 5.31. The number of hydrogen-bond donors (Lipinski definition) is 1. The van der Waals surface area contributed by atoms with Gasteiger partial charge in [0, 0.05) is 5.69 Å². The zero-order valence-corrected chi connectivity index (χ0v) is 8.93. The number of nitrogens with zero attached hydrogens (tertiary/aromatic N) is 1. The molecule has 1 N–H and O–H groups in total. The van der Waals surface area contributed by atoms with Gasteiger partial charge in [0.05, 0.1) is 6.20 Å². The quantitative estimate of drug-likeness (QED) is 0.806. The van der Waals surface area contributed by atoms with Gasteiger partial charge in [0.25, 0.3) is 0 Å².